The highest BCUT2D eigenvalue weighted by Gasteiger charge is 2.32. The Kier molecular flexibility index (Phi) is 4.84. The lowest BCUT2D eigenvalue weighted by Gasteiger charge is -2.22. The van der Waals surface area contributed by atoms with Gasteiger partial charge in [0.1, 0.15) is 6.54 Å². The average molecular weight is 288 g/mol. The summed E-state index contributed by atoms with van der Waals surface area (Å²) in [5.41, 5.74) is -0.297. The lowest BCUT2D eigenvalue weighted by molar-refractivity contribution is -0.384. The van der Waals surface area contributed by atoms with Gasteiger partial charge in [-0.25, -0.2) is 0 Å². The Bertz CT molecular complexity index is 512. The number of benzene rings is 1. The topological polar surface area (TPSA) is 63.5 Å². The van der Waals surface area contributed by atoms with E-state index in [2.05, 4.69) is 6.58 Å². The maximum absolute atomic E-state index is 12.4. The molecule has 0 spiro atoms. The zero-order valence-corrected chi connectivity index (χ0v) is 10.3. The fraction of sp³-hybridized carbons (Fsp3) is 0.250. The molecule has 0 heterocycles. The molecule has 0 aliphatic heterocycles. The van der Waals surface area contributed by atoms with Crippen molar-refractivity contribution in [3.63, 3.8) is 0 Å². The second-order valence-electron chi connectivity index (χ2n) is 3.89. The van der Waals surface area contributed by atoms with Crippen LogP contribution < -0.4 is 0 Å². The van der Waals surface area contributed by atoms with Gasteiger partial charge in [-0.15, -0.1) is 6.58 Å². The molecule has 0 aromatic heterocycles. The number of alkyl halides is 3. The molecule has 0 unspecified atom stereocenters. The largest absolute Gasteiger partial charge is 0.406 e. The Hall–Kier alpha value is -2.38. The van der Waals surface area contributed by atoms with E-state index >= 15 is 0 Å². The minimum Gasteiger partial charge on any atom is -0.326 e. The van der Waals surface area contributed by atoms with Crippen LogP contribution in [-0.4, -0.2) is 35.0 Å². The van der Waals surface area contributed by atoms with Gasteiger partial charge >= 0.3 is 6.18 Å². The summed E-state index contributed by atoms with van der Waals surface area (Å²) in [7, 11) is 0. The summed E-state index contributed by atoms with van der Waals surface area (Å²) >= 11 is 0. The third-order valence-electron chi connectivity index (χ3n) is 2.33. The number of nitro groups is 1. The van der Waals surface area contributed by atoms with Crippen LogP contribution in [-0.2, 0) is 0 Å². The molecule has 0 fully saturated rings. The van der Waals surface area contributed by atoms with Gasteiger partial charge in [-0.1, -0.05) is 6.08 Å². The minimum absolute atomic E-state index is 0.0540. The maximum Gasteiger partial charge on any atom is 0.406 e. The van der Waals surface area contributed by atoms with Crippen LogP contribution in [0.5, 0.6) is 0 Å². The van der Waals surface area contributed by atoms with Gasteiger partial charge in [0.05, 0.1) is 4.92 Å². The van der Waals surface area contributed by atoms with Gasteiger partial charge in [0.2, 0.25) is 0 Å². The van der Waals surface area contributed by atoms with Crippen LogP contribution in [0.3, 0.4) is 0 Å². The van der Waals surface area contributed by atoms with Crippen LogP contribution in [0.25, 0.3) is 0 Å². The number of hydrogen-bond donors (Lipinski definition) is 0. The fourth-order valence-electron chi connectivity index (χ4n) is 1.50. The van der Waals surface area contributed by atoms with E-state index in [0.717, 1.165) is 24.3 Å². The van der Waals surface area contributed by atoms with Crippen molar-refractivity contribution in [2.75, 3.05) is 13.1 Å². The standard InChI is InChI=1S/C12H11F3N2O3/c1-2-7-16(8-12(13,14)15)11(18)9-3-5-10(6-4-9)17(19)20/h2-6H,1,7-8H2. The Morgan fingerprint density at radius 1 is 1.35 bits per heavy atom. The molecule has 0 saturated carbocycles. The van der Waals surface area contributed by atoms with Gasteiger partial charge in [-0.2, -0.15) is 13.2 Å². The molecule has 0 N–H and O–H groups in total. The number of non-ortho nitro benzene ring substituents is 1. The summed E-state index contributed by atoms with van der Waals surface area (Å²) in [5.74, 6) is -0.864. The van der Waals surface area contributed by atoms with Crippen molar-refractivity contribution < 1.29 is 22.9 Å². The van der Waals surface area contributed by atoms with Crippen LogP contribution in [0.1, 0.15) is 10.4 Å². The van der Waals surface area contributed by atoms with Gasteiger partial charge in [0.15, 0.2) is 0 Å². The predicted octanol–water partition coefficient (Wildman–Crippen LogP) is 2.79. The van der Waals surface area contributed by atoms with E-state index in [9.17, 15) is 28.1 Å². The highest BCUT2D eigenvalue weighted by atomic mass is 19.4. The third-order valence-corrected chi connectivity index (χ3v) is 2.33. The van der Waals surface area contributed by atoms with Gasteiger partial charge in [0, 0.05) is 24.2 Å². The molecule has 1 aromatic rings. The molecular formula is C12H11F3N2O3. The predicted molar refractivity (Wildman–Crippen MR) is 65.3 cm³/mol. The molecule has 5 nitrogen and oxygen atoms in total. The van der Waals surface area contributed by atoms with E-state index in [0.29, 0.717) is 4.90 Å². The maximum atomic E-state index is 12.4. The van der Waals surface area contributed by atoms with Crippen molar-refractivity contribution in [3.05, 3.63) is 52.6 Å². The van der Waals surface area contributed by atoms with Crippen LogP contribution in [0.15, 0.2) is 36.9 Å². The number of nitrogens with zero attached hydrogens (tertiary/aromatic N) is 2. The molecule has 0 atom stereocenters. The number of hydrogen-bond acceptors (Lipinski definition) is 3. The van der Waals surface area contributed by atoms with Crippen LogP contribution >= 0.6 is 0 Å². The van der Waals surface area contributed by atoms with Gasteiger partial charge in [-0.05, 0) is 12.1 Å². The number of amides is 1. The van der Waals surface area contributed by atoms with Gasteiger partial charge in [0.25, 0.3) is 11.6 Å². The zero-order chi connectivity index (χ0) is 15.3. The quantitative estimate of drug-likeness (QED) is 0.475. The Labute approximate surface area is 112 Å². The molecule has 108 valence electrons. The summed E-state index contributed by atoms with van der Waals surface area (Å²) in [4.78, 5) is 22.3. The molecule has 1 rings (SSSR count). The molecule has 0 bridgehead atoms. The number of carbonyl (C=O) groups excluding carboxylic acids is 1. The molecule has 0 aliphatic rings. The fourth-order valence-corrected chi connectivity index (χ4v) is 1.50. The Morgan fingerprint density at radius 2 is 1.90 bits per heavy atom. The van der Waals surface area contributed by atoms with E-state index in [-0.39, 0.29) is 17.8 Å². The highest BCUT2D eigenvalue weighted by Crippen LogP contribution is 2.19. The van der Waals surface area contributed by atoms with Crippen molar-refractivity contribution in [3.8, 4) is 0 Å². The van der Waals surface area contributed by atoms with Crippen molar-refractivity contribution >= 4 is 11.6 Å². The van der Waals surface area contributed by atoms with Crippen LogP contribution in [0.2, 0.25) is 0 Å². The summed E-state index contributed by atoms with van der Waals surface area (Å²) < 4.78 is 37.1. The second-order valence-corrected chi connectivity index (χ2v) is 3.89. The SMILES string of the molecule is C=CCN(CC(F)(F)F)C(=O)c1ccc([N+](=O)[O-])cc1. The Morgan fingerprint density at radius 3 is 2.30 bits per heavy atom. The van der Waals surface area contributed by atoms with Crippen molar-refractivity contribution in [1.82, 2.24) is 4.90 Å². The first kappa shape index (κ1) is 15.7. The van der Waals surface area contributed by atoms with E-state index in [1.807, 2.05) is 0 Å². The first-order chi connectivity index (χ1) is 9.24. The van der Waals surface area contributed by atoms with E-state index in [1.165, 1.54) is 6.08 Å². The normalized spacial score (nSPS) is 10.9. The molecular weight excluding hydrogens is 277 g/mol. The monoisotopic (exact) mass is 288 g/mol. The molecule has 0 radical (unpaired) electrons. The molecule has 20 heavy (non-hydrogen) atoms. The number of carbonyl (C=O) groups is 1. The summed E-state index contributed by atoms with van der Waals surface area (Å²) in [6, 6.07) is 4.36. The lowest BCUT2D eigenvalue weighted by atomic mass is 10.2. The third kappa shape index (κ3) is 4.38. The second kappa shape index (κ2) is 6.18. The van der Waals surface area contributed by atoms with E-state index in [4.69, 9.17) is 0 Å². The zero-order valence-electron chi connectivity index (χ0n) is 10.3. The first-order valence-corrected chi connectivity index (χ1v) is 5.46. The van der Waals surface area contributed by atoms with Crippen molar-refractivity contribution in [2.24, 2.45) is 0 Å². The number of rotatable bonds is 5. The molecule has 1 amide bonds. The molecule has 1 aromatic carbocycles. The van der Waals surface area contributed by atoms with Crippen LogP contribution in [0.4, 0.5) is 18.9 Å². The smallest absolute Gasteiger partial charge is 0.326 e. The van der Waals surface area contributed by atoms with Gasteiger partial charge in [-0.3, -0.25) is 14.9 Å². The summed E-state index contributed by atoms with van der Waals surface area (Å²) in [6.45, 7) is 1.62. The minimum atomic E-state index is -4.53. The highest BCUT2D eigenvalue weighted by molar-refractivity contribution is 5.94. The molecule has 8 heteroatoms. The van der Waals surface area contributed by atoms with Gasteiger partial charge < -0.3 is 4.90 Å². The lowest BCUT2D eigenvalue weighted by Crippen LogP contribution is -2.39. The van der Waals surface area contributed by atoms with Crippen molar-refractivity contribution in [1.29, 1.82) is 0 Å². The first-order valence-electron chi connectivity index (χ1n) is 5.46. The Balaban J connectivity index is 2.94. The van der Waals surface area contributed by atoms with Crippen molar-refractivity contribution in [2.45, 2.75) is 6.18 Å². The van der Waals surface area contributed by atoms with E-state index < -0.39 is 23.6 Å². The number of halogens is 3. The molecule has 0 saturated heterocycles. The molecule has 0 aliphatic carbocycles. The summed E-state index contributed by atoms with van der Waals surface area (Å²) in [6.07, 6.45) is -3.35. The van der Waals surface area contributed by atoms with Crippen LogP contribution in [0, 0.1) is 10.1 Å². The average Bonchev–Trinajstić information content (AvgIpc) is 2.36. The van der Waals surface area contributed by atoms with E-state index in [1.54, 1.807) is 0 Å². The number of nitro benzene ring substituents is 1. The summed E-state index contributed by atoms with van der Waals surface area (Å²) in [5, 5.41) is 10.5.